The van der Waals surface area contributed by atoms with Crippen LogP contribution in [0.5, 0.6) is 0 Å². The molecule has 2 aromatic heterocycles. The van der Waals surface area contributed by atoms with Crippen molar-refractivity contribution >= 4 is 28.6 Å². The van der Waals surface area contributed by atoms with Gasteiger partial charge < -0.3 is 4.57 Å². The molecule has 1 aromatic carbocycles. The van der Waals surface area contributed by atoms with Crippen LogP contribution >= 0.6 is 22.9 Å². The van der Waals surface area contributed by atoms with Crippen LogP contribution in [0.2, 0.25) is 5.02 Å². The molecule has 0 saturated carbocycles. The predicted molar refractivity (Wildman–Crippen MR) is 95.7 cm³/mol. The van der Waals surface area contributed by atoms with Crippen LogP contribution in [0.15, 0.2) is 64.2 Å². The van der Waals surface area contributed by atoms with Crippen LogP contribution in [0.25, 0.3) is 11.3 Å². The summed E-state index contributed by atoms with van der Waals surface area (Å²) in [6.07, 6.45) is 1.75. The van der Waals surface area contributed by atoms with Crippen LogP contribution < -0.4 is 4.80 Å². The van der Waals surface area contributed by atoms with Crippen molar-refractivity contribution in [2.24, 2.45) is 17.3 Å². The third-order valence-electron chi connectivity index (χ3n) is 3.39. The minimum absolute atomic E-state index is 0.729. The molecule has 4 nitrogen and oxygen atoms in total. The first-order valence-electron chi connectivity index (χ1n) is 7.05. The van der Waals surface area contributed by atoms with E-state index in [4.69, 9.17) is 11.6 Å². The zero-order chi connectivity index (χ0) is 16.2. The highest BCUT2D eigenvalue weighted by Crippen LogP contribution is 2.21. The van der Waals surface area contributed by atoms with E-state index in [-0.39, 0.29) is 0 Å². The monoisotopic (exact) mass is 342 g/mol. The minimum Gasteiger partial charge on any atom is -0.318 e. The average Bonchev–Trinajstić information content (AvgIpc) is 2.95. The van der Waals surface area contributed by atoms with Crippen molar-refractivity contribution in [3.8, 4) is 11.3 Å². The number of benzene rings is 1. The second kappa shape index (κ2) is 6.89. The number of pyridine rings is 1. The zero-order valence-corrected chi connectivity index (χ0v) is 14.3. The topological polar surface area (TPSA) is 42.5 Å². The number of hydrogen-bond acceptors (Lipinski definition) is 4. The molecular weight excluding hydrogens is 328 g/mol. The highest BCUT2D eigenvalue weighted by Gasteiger charge is 2.04. The van der Waals surface area contributed by atoms with E-state index >= 15 is 0 Å². The van der Waals surface area contributed by atoms with E-state index in [0.29, 0.717) is 0 Å². The summed E-state index contributed by atoms with van der Waals surface area (Å²) < 4.78 is 2.02. The third-order valence-corrected chi connectivity index (χ3v) is 4.54. The second-order valence-electron chi connectivity index (χ2n) is 4.97. The SMILES string of the molecule is C/C(=N\N=c1/scc(-c2ccc(Cl)cc2)n1C)c1ccccn1. The molecule has 3 rings (SSSR count). The van der Waals surface area contributed by atoms with Gasteiger partial charge in [-0.25, -0.2) is 0 Å². The van der Waals surface area contributed by atoms with Crippen LogP contribution in [0, 0.1) is 0 Å². The maximum Gasteiger partial charge on any atom is 0.210 e. The normalized spacial score (nSPS) is 12.7. The summed E-state index contributed by atoms with van der Waals surface area (Å²) in [6, 6.07) is 13.5. The summed E-state index contributed by atoms with van der Waals surface area (Å²) in [5, 5.41) is 11.4. The van der Waals surface area contributed by atoms with Gasteiger partial charge in [0, 0.05) is 23.6 Å². The van der Waals surface area contributed by atoms with Crippen molar-refractivity contribution in [3.63, 3.8) is 0 Å². The lowest BCUT2D eigenvalue weighted by molar-refractivity contribution is 0.862. The maximum absolute atomic E-state index is 5.94. The first-order valence-corrected chi connectivity index (χ1v) is 8.31. The fourth-order valence-corrected chi connectivity index (χ4v) is 3.07. The molecule has 0 unspecified atom stereocenters. The lowest BCUT2D eigenvalue weighted by atomic mass is 10.2. The van der Waals surface area contributed by atoms with Crippen LogP contribution in [0.3, 0.4) is 0 Å². The van der Waals surface area contributed by atoms with Gasteiger partial charge in [0.15, 0.2) is 0 Å². The molecule has 0 bridgehead atoms. The van der Waals surface area contributed by atoms with E-state index in [9.17, 15) is 0 Å². The van der Waals surface area contributed by atoms with Gasteiger partial charge in [0.25, 0.3) is 0 Å². The van der Waals surface area contributed by atoms with E-state index in [2.05, 4.69) is 20.6 Å². The molecule has 0 fully saturated rings. The van der Waals surface area contributed by atoms with Crippen molar-refractivity contribution in [3.05, 3.63) is 69.6 Å². The van der Waals surface area contributed by atoms with Gasteiger partial charge in [-0.05, 0) is 36.8 Å². The molecule has 0 amide bonds. The Bertz CT molecular complexity index is 892. The molecule has 0 aliphatic carbocycles. The molecule has 116 valence electrons. The molecule has 23 heavy (non-hydrogen) atoms. The van der Waals surface area contributed by atoms with Gasteiger partial charge >= 0.3 is 0 Å². The molecule has 0 aliphatic heterocycles. The van der Waals surface area contributed by atoms with Crippen molar-refractivity contribution < 1.29 is 0 Å². The van der Waals surface area contributed by atoms with Gasteiger partial charge in [-0.15, -0.1) is 16.4 Å². The Balaban J connectivity index is 1.94. The minimum atomic E-state index is 0.729. The van der Waals surface area contributed by atoms with E-state index in [0.717, 1.165) is 32.5 Å². The van der Waals surface area contributed by atoms with Crippen molar-refractivity contribution in [1.29, 1.82) is 0 Å². The molecule has 0 N–H and O–H groups in total. The molecule has 2 heterocycles. The van der Waals surface area contributed by atoms with E-state index < -0.39 is 0 Å². The molecular formula is C17H15ClN4S. The molecule has 0 spiro atoms. The van der Waals surface area contributed by atoms with Gasteiger partial charge in [-0.2, -0.15) is 5.10 Å². The molecule has 3 aromatic rings. The smallest absolute Gasteiger partial charge is 0.210 e. The summed E-state index contributed by atoms with van der Waals surface area (Å²) in [7, 11) is 1.98. The Hall–Kier alpha value is -2.24. The summed E-state index contributed by atoms with van der Waals surface area (Å²) in [5.41, 5.74) is 3.79. The fourth-order valence-electron chi connectivity index (χ4n) is 2.09. The fraction of sp³-hybridized carbons (Fsp3) is 0.118. The number of nitrogens with zero attached hydrogens (tertiary/aromatic N) is 4. The van der Waals surface area contributed by atoms with Crippen LogP contribution in [-0.4, -0.2) is 15.3 Å². The third kappa shape index (κ3) is 3.57. The quantitative estimate of drug-likeness (QED) is 0.521. The first-order chi connectivity index (χ1) is 11.1. The molecule has 0 aliphatic rings. The maximum atomic E-state index is 5.94. The Morgan fingerprint density at radius 2 is 1.96 bits per heavy atom. The lowest BCUT2D eigenvalue weighted by Crippen LogP contribution is -2.11. The van der Waals surface area contributed by atoms with Gasteiger partial charge in [-0.3, -0.25) is 4.98 Å². The summed E-state index contributed by atoms with van der Waals surface area (Å²) in [6.45, 7) is 1.90. The summed E-state index contributed by atoms with van der Waals surface area (Å²) >= 11 is 7.49. The molecule has 0 radical (unpaired) electrons. The molecule has 6 heteroatoms. The van der Waals surface area contributed by atoms with Crippen molar-refractivity contribution in [1.82, 2.24) is 9.55 Å². The Morgan fingerprint density at radius 1 is 1.17 bits per heavy atom. The first kappa shape index (κ1) is 15.6. The van der Waals surface area contributed by atoms with Gasteiger partial charge in [-0.1, -0.05) is 29.8 Å². The number of halogens is 1. The number of aromatic nitrogens is 2. The van der Waals surface area contributed by atoms with Crippen LogP contribution in [-0.2, 0) is 7.05 Å². The summed E-state index contributed by atoms with van der Waals surface area (Å²) in [5.74, 6) is 0. The van der Waals surface area contributed by atoms with E-state index in [1.54, 1.807) is 17.5 Å². The van der Waals surface area contributed by atoms with Crippen molar-refractivity contribution in [2.45, 2.75) is 6.92 Å². The van der Waals surface area contributed by atoms with Gasteiger partial charge in [0.05, 0.1) is 17.1 Å². The summed E-state index contributed by atoms with van der Waals surface area (Å²) in [4.78, 5) is 5.09. The Kier molecular flexibility index (Phi) is 4.69. The second-order valence-corrected chi connectivity index (χ2v) is 6.24. The average molecular weight is 343 g/mol. The number of hydrogen-bond donors (Lipinski definition) is 0. The zero-order valence-electron chi connectivity index (χ0n) is 12.8. The number of rotatable bonds is 3. The Morgan fingerprint density at radius 3 is 2.65 bits per heavy atom. The Labute approximate surface area is 143 Å². The highest BCUT2D eigenvalue weighted by molar-refractivity contribution is 7.07. The van der Waals surface area contributed by atoms with Gasteiger partial charge in [0.2, 0.25) is 4.80 Å². The predicted octanol–water partition coefficient (Wildman–Crippen LogP) is 4.13. The van der Waals surface area contributed by atoms with Crippen LogP contribution in [0.4, 0.5) is 0 Å². The lowest BCUT2D eigenvalue weighted by Gasteiger charge is -2.02. The van der Waals surface area contributed by atoms with Gasteiger partial charge in [0.1, 0.15) is 0 Å². The molecule has 0 atom stereocenters. The molecule has 0 saturated heterocycles. The largest absolute Gasteiger partial charge is 0.318 e. The number of thiazole rings is 1. The van der Waals surface area contributed by atoms with E-state index in [1.807, 2.05) is 61.0 Å². The van der Waals surface area contributed by atoms with Crippen LogP contribution in [0.1, 0.15) is 12.6 Å². The highest BCUT2D eigenvalue weighted by atomic mass is 35.5. The van der Waals surface area contributed by atoms with Crippen molar-refractivity contribution in [2.75, 3.05) is 0 Å². The van der Waals surface area contributed by atoms with E-state index in [1.165, 1.54) is 0 Å². The standard InChI is InChI=1S/C17H15ClN4S/c1-12(15-5-3-4-10-19-15)20-21-17-22(2)16(11-23-17)13-6-8-14(18)9-7-13/h3-11H,1-2H3/b20-12+,21-17-.